The van der Waals surface area contributed by atoms with Crippen molar-refractivity contribution in [1.82, 2.24) is 4.90 Å². The first-order chi connectivity index (χ1) is 9.13. The van der Waals surface area contributed by atoms with Crippen molar-refractivity contribution in [3.63, 3.8) is 0 Å². The molecule has 2 N–H and O–H groups in total. The molecule has 0 radical (unpaired) electrons. The largest absolute Gasteiger partial charge is 0.395 e. The third-order valence-electron chi connectivity index (χ3n) is 2.55. The molecule has 0 fully saturated rings. The highest BCUT2D eigenvalue weighted by Crippen LogP contribution is 2.13. The summed E-state index contributed by atoms with van der Waals surface area (Å²) in [4.78, 5) is 13.4. The molecule has 102 valence electrons. The topological polar surface area (TPSA) is 60.8 Å². The van der Waals surface area contributed by atoms with E-state index in [9.17, 15) is 9.18 Å². The van der Waals surface area contributed by atoms with Crippen molar-refractivity contribution in [2.24, 2.45) is 0 Å². The molecule has 0 saturated carbocycles. The van der Waals surface area contributed by atoms with Crippen LogP contribution in [0.5, 0.6) is 0 Å². The van der Waals surface area contributed by atoms with Crippen LogP contribution in [0.2, 0.25) is 0 Å². The van der Waals surface area contributed by atoms with Crippen molar-refractivity contribution >= 4 is 5.91 Å². The van der Waals surface area contributed by atoms with Crippen molar-refractivity contribution in [2.75, 3.05) is 26.3 Å². The zero-order valence-electron chi connectivity index (χ0n) is 10.7. The second-order valence-electron chi connectivity index (χ2n) is 3.76. The van der Waals surface area contributed by atoms with Gasteiger partial charge in [-0.25, -0.2) is 4.39 Å². The van der Waals surface area contributed by atoms with Crippen molar-refractivity contribution in [3.05, 3.63) is 35.1 Å². The minimum Gasteiger partial charge on any atom is -0.395 e. The van der Waals surface area contributed by atoms with Crippen LogP contribution in [0.25, 0.3) is 0 Å². The molecule has 1 aromatic rings. The zero-order valence-corrected chi connectivity index (χ0v) is 10.7. The second-order valence-corrected chi connectivity index (χ2v) is 3.76. The molecule has 1 aromatic carbocycles. The monoisotopic (exact) mass is 265 g/mol. The molecular weight excluding hydrogens is 249 g/mol. The lowest BCUT2D eigenvalue weighted by Gasteiger charge is -2.20. The number of halogens is 1. The van der Waals surface area contributed by atoms with Crippen LogP contribution in [-0.2, 0) is 0 Å². The van der Waals surface area contributed by atoms with Crippen LogP contribution in [0.3, 0.4) is 0 Å². The van der Waals surface area contributed by atoms with Crippen LogP contribution >= 0.6 is 0 Å². The lowest BCUT2D eigenvalue weighted by molar-refractivity contribution is 0.0727. The van der Waals surface area contributed by atoms with Gasteiger partial charge in [0, 0.05) is 18.7 Å². The fraction of sp³-hybridized carbons (Fsp3) is 0.357. The average Bonchev–Trinajstić information content (AvgIpc) is 2.43. The van der Waals surface area contributed by atoms with Gasteiger partial charge in [-0.15, -0.1) is 0 Å². The highest BCUT2D eigenvalue weighted by Gasteiger charge is 2.17. The van der Waals surface area contributed by atoms with E-state index in [1.165, 1.54) is 23.1 Å². The molecule has 5 heteroatoms. The average molecular weight is 265 g/mol. The molecule has 4 nitrogen and oxygen atoms in total. The smallest absolute Gasteiger partial charge is 0.256 e. The van der Waals surface area contributed by atoms with Crippen LogP contribution in [0.4, 0.5) is 4.39 Å². The zero-order chi connectivity index (χ0) is 14.3. The molecule has 0 aromatic heterocycles. The number of carbonyl (C=O) groups is 1. The lowest BCUT2D eigenvalue weighted by Crippen LogP contribution is -2.33. The molecule has 0 atom stereocenters. The second kappa shape index (κ2) is 7.52. The fourth-order valence-corrected chi connectivity index (χ4v) is 1.60. The summed E-state index contributed by atoms with van der Waals surface area (Å²) in [6, 6.07) is 3.96. The molecule has 0 saturated heterocycles. The summed E-state index contributed by atoms with van der Waals surface area (Å²) in [5.41, 5.74) is 0.374. The van der Waals surface area contributed by atoms with E-state index in [1.54, 1.807) is 6.92 Å². The molecule has 0 spiro atoms. The summed E-state index contributed by atoms with van der Waals surface area (Å²) in [7, 11) is 0. The van der Waals surface area contributed by atoms with E-state index in [4.69, 9.17) is 10.2 Å². The molecule has 0 bridgehead atoms. The fourth-order valence-electron chi connectivity index (χ4n) is 1.60. The maximum atomic E-state index is 13.7. The minimum absolute atomic E-state index is 0.0833. The van der Waals surface area contributed by atoms with Crippen LogP contribution in [0, 0.1) is 17.7 Å². The van der Waals surface area contributed by atoms with Crippen LogP contribution in [-0.4, -0.2) is 47.3 Å². The number of hydrogen-bond acceptors (Lipinski definition) is 3. The first-order valence-electron chi connectivity index (χ1n) is 5.93. The summed E-state index contributed by atoms with van der Waals surface area (Å²) in [5.74, 6) is 3.94. The molecule has 1 rings (SSSR count). The summed E-state index contributed by atoms with van der Waals surface area (Å²) < 4.78 is 13.7. The number of nitrogens with zero attached hydrogens (tertiary/aromatic N) is 1. The first kappa shape index (κ1) is 15.2. The van der Waals surface area contributed by atoms with E-state index in [1.807, 2.05) is 0 Å². The van der Waals surface area contributed by atoms with Gasteiger partial charge in [0.1, 0.15) is 12.4 Å². The summed E-state index contributed by atoms with van der Waals surface area (Å²) >= 11 is 0. The standard InChI is InChI=1S/C14H16FNO3/c1-2-16(7-9-18)14(19)12-10-11(4-3-8-17)5-6-13(12)15/h5-6,10,17-18H,2,7-9H2,1H3. The minimum atomic E-state index is -0.629. The molecule has 0 unspecified atom stereocenters. The number of rotatable bonds is 4. The summed E-state index contributed by atoms with van der Waals surface area (Å²) in [6.07, 6.45) is 0. The number of benzene rings is 1. The highest BCUT2D eigenvalue weighted by molar-refractivity contribution is 5.94. The van der Waals surface area contributed by atoms with E-state index in [-0.39, 0.29) is 25.3 Å². The van der Waals surface area contributed by atoms with Crippen LogP contribution < -0.4 is 0 Å². The van der Waals surface area contributed by atoms with Gasteiger partial charge in [0.15, 0.2) is 0 Å². The molecular formula is C14H16FNO3. The number of aliphatic hydroxyl groups is 2. The Morgan fingerprint density at radius 3 is 2.74 bits per heavy atom. The van der Waals surface area contributed by atoms with Gasteiger partial charge >= 0.3 is 0 Å². The number of aliphatic hydroxyl groups excluding tert-OH is 2. The van der Waals surface area contributed by atoms with E-state index in [2.05, 4.69) is 11.8 Å². The molecule has 0 heterocycles. The molecule has 0 aliphatic rings. The van der Waals surface area contributed by atoms with E-state index in [0.29, 0.717) is 12.1 Å². The van der Waals surface area contributed by atoms with Crippen molar-refractivity contribution in [2.45, 2.75) is 6.92 Å². The predicted molar refractivity (Wildman–Crippen MR) is 69.0 cm³/mol. The first-order valence-corrected chi connectivity index (χ1v) is 5.93. The summed E-state index contributed by atoms with van der Waals surface area (Å²) in [6.45, 7) is 1.81. The van der Waals surface area contributed by atoms with Gasteiger partial charge in [-0.3, -0.25) is 4.79 Å². The quantitative estimate of drug-likeness (QED) is 0.785. The Labute approximate surface area is 111 Å². The highest BCUT2D eigenvalue weighted by atomic mass is 19.1. The van der Waals surface area contributed by atoms with Gasteiger partial charge in [0.2, 0.25) is 0 Å². The normalized spacial score (nSPS) is 9.68. The van der Waals surface area contributed by atoms with Gasteiger partial charge < -0.3 is 15.1 Å². The van der Waals surface area contributed by atoms with Gasteiger partial charge in [0.25, 0.3) is 5.91 Å². The molecule has 0 aliphatic carbocycles. The Morgan fingerprint density at radius 2 is 2.16 bits per heavy atom. The Balaban J connectivity index is 3.07. The molecule has 0 aliphatic heterocycles. The van der Waals surface area contributed by atoms with Gasteiger partial charge in [-0.2, -0.15) is 0 Å². The van der Waals surface area contributed by atoms with Crippen LogP contribution in [0.1, 0.15) is 22.8 Å². The van der Waals surface area contributed by atoms with Crippen LogP contribution in [0.15, 0.2) is 18.2 Å². The Hall–Kier alpha value is -1.90. The van der Waals surface area contributed by atoms with Gasteiger partial charge in [0.05, 0.1) is 12.2 Å². The maximum Gasteiger partial charge on any atom is 0.256 e. The SMILES string of the molecule is CCN(CCO)C(=O)c1cc(C#CCO)ccc1F. The van der Waals surface area contributed by atoms with Crippen molar-refractivity contribution < 1.29 is 19.4 Å². The van der Waals surface area contributed by atoms with Crippen molar-refractivity contribution in [3.8, 4) is 11.8 Å². The number of amides is 1. The molecule has 19 heavy (non-hydrogen) atoms. The molecule has 1 amide bonds. The van der Waals surface area contributed by atoms with Gasteiger partial charge in [-0.1, -0.05) is 11.8 Å². The van der Waals surface area contributed by atoms with Crippen molar-refractivity contribution in [1.29, 1.82) is 0 Å². The predicted octanol–water partition coefficient (Wildman–Crippen LogP) is 0.624. The van der Waals surface area contributed by atoms with Gasteiger partial charge in [-0.05, 0) is 25.1 Å². The number of carbonyl (C=O) groups excluding carboxylic acids is 1. The van der Waals surface area contributed by atoms with E-state index < -0.39 is 11.7 Å². The lowest BCUT2D eigenvalue weighted by atomic mass is 10.1. The Kier molecular flexibility index (Phi) is 6.00. The number of hydrogen-bond donors (Lipinski definition) is 2. The Bertz CT molecular complexity index is 505. The number of likely N-dealkylation sites (N-methyl/N-ethyl adjacent to an activating group) is 1. The third-order valence-corrected chi connectivity index (χ3v) is 2.55. The maximum absolute atomic E-state index is 13.7. The summed E-state index contributed by atoms with van der Waals surface area (Å²) in [5, 5.41) is 17.5. The third kappa shape index (κ3) is 4.05. The van der Waals surface area contributed by atoms with E-state index in [0.717, 1.165) is 0 Å². The Morgan fingerprint density at radius 1 is 1.42 bits per heavy atom. The van der Waals surface area contributed by atoms with E-state index >= 15 is 0 Å².